The summed E-state index contributed by atoms with van der Waals surface area (Å²) < 4.78 is 5.75. The van der Waals surface area contributed by atoms with Crippen LogP contribution >= 0.6 is 0 Å². The van der Waals surface area contributed by atoms with Gasteiger partial charge in [0.1, 0.15) is 0 Å². The van der Waals surface area contributed by atoms with Crippen molar-refractivity contribution < 1.29 is 9.84 Å². The second-order valence-electron chi connectivity index (χ2n) is 5.14. The predicted molar refractivity (Wildman–Crippen MR) is 73.9 cm³/mol. The number of nitrogens with zero attached hydrogens (tertiary/aromatic N) is 1. The molecule has 1 fully saturated rings. The smallest absolute Gasteiger partial charge is 0.0761 e. The molecule has 0 aromatic heterocycles. The lowest BCUT2D eigenvalue weighted by atomic mass is 10.1. The molecular weight excluding hydrogens is 226 g/mol. The molecule has 0 bridgehead atoms. The van der Waals surface area contributed by atoms with Crippen molar-refractivity contribution >= 4 is 5.69 Å². The number of ether oxygens (including phenoxy) is 1. The van der Waals surface area contributed by atoms with Gasteiger partial charge in [0, 0.05) is 25.9 Å². The van der Waals surface area contributed by atoms with Crippen LogP contribution in [0.15, 0.2) is 24.3 Å². The van der Waals surface area contributed by atoms with Crippen LogP contribution in [0.2, 0.25) is 0 Å². The molecule has 1 aromatic carbocycles. The number of likely N-dealkylation sites (N-methyl/N-ethyl adjacent to an activating group) is 1. The Labute approximate surface area is 109 Å². The molecule has 0 amide bonds. The molecule has 2 atom stereocenters. The van der Waals surface area contributed by atoms with Crippen LogP contribution in [0.1, 0.15) is 37.9 Å². The molecule has 2 rings (SSSR count). The highest BCUT2D eigenvalue weighted by Crippen LogP contribution is 2.20. The van der Waals surface area contributed by atoms with Gasteiger partial charge in [-0.15, -0.1) is 0 Å². The highest BCUT2D eigenvalue weighted by molar-refractivity contribution is 5.47. The molecule has 1 N–H and O–H groups in total. The van der Waals surface area contributed by atoms with Crippen molar-refractivity contribution in [3.63, 3.8) is 0 Å². The number of hydrogen-bond donors (Lipinski definition) is 1. The fourth-order valence-electron chi connectivity index (χ4n) is 2.37. The van der Waals surface area contributed by atoms with Crippen LogP contribution in [0.4, 0.5) is 5.69 Å². The summed E-state index contributed by atoms with van der Waals surface area (Å²) >= 11 is 0. The Bertz CT molecular complexity index is 355. The fraction of sp³-hybridized carbons (Fsp3) is 0.600. The van der Waals surface area contributed by atoms with Crippen LogP contribution in [0, 0.1) is 0 Å². The van der Waals surface area contributed by atoms with Crippen LogP contribution in [0.25, 0.3) is 0 Å². The SMILES string of the molecule is C[C@H](O)c1ccc(N(C)CC2CCCCO2)cc1. The molecule has 1 aromatic rings. The van der Waals surface area contributed by atoms with Crippen molar-refractivity contribution in [3.8, 4) is 0 Å². The van der Waals surface area contributed by atoms with E-state index in [1.807, 2.05) is 12.1 Å². The van der Waals surface area contributed by atoms with Gasteiger partial charge in [-0.25, -0.2) is 0 Å². The number of aliphatic hydroxyl groups excluding tert-OH is 1. The van der Waals surface area contributed by atoms with Gasteiger partial charge in [0.05, 0.1) is 12.2 Å². The lowest BCUT2D eigenvalue weighted by molar-refractivity contribution is 0.0216. The molecule has 0 spiro atoms. The molecule has 100 valence electrons. The Kier molecular flexibility index (Phi) is 4.61. The number of aliphatic hydroxyl groups is 1. The number of benzene rings is 1. The van der Waals surface area contributed by atoms with Gasteiger partial charge in [-0.05, 0) is 43.9 Å². The van der Waals surface area contributed by atoms with E-state index >= 15 is 0 Å². The van der Waals surface area contributed by atoms with E-state index in [1.54, 1.807) is 6.92 Å². The maximum Gasteiger partial charge on any atom is 0.0761 e. The van der Waals surface area contributed by atoms with Crippen molar-refractivity contribution in [1.82, 2.24) is 0 Å². The van der Waals surface area contributed by atoms with E-state index in [1.165, 1.54) is 18.5 Å². The quantitative estimate of drug-likeness (QED) is 0.890. The minimum absolute atomic E-state index is 0.361. The van der Waals surface area contributed by atoms with Gasteiger partial charge in [0.15, 0.2) is 0 Å². The summed E-state index contributed by atoms with van der Waals surface area (Å²) in [6.45, 7) is 3.63. The average molecular weight is 249 g/mol. The molecule has 18 heavy (non-hydrogen) atoms. The summed E-state index contributed by atoms with van der Waals surface area (Å²) in [5, 5.41) is 9.48. The summed E-state index contributed by atoms with van der Waals surface area (Å²) in [6, 6.07) is 8.09. The van der Waals surface area contributed by atoms with E-state index in [9.17, 15) is 5.11 Å². The molecule has 1 aliphatic heterocycles. The largest absolute Gasteiger partial charge is 0.389 e. The van der Waals surface area contributed by atoms with Crippen molar-refractivity contribution in [2.24, 2.45) is 0 Å². The van der Waals surface area contributed by atoms with E-state index in [2.05, 4.69) is 24.1 Å². The fourth-order valence-corrected chi connectivity index (χ4v) is 2.37. The normalized spacial score (nSPS) is 21.6. The zero-order valence-electron chi connectivity index (χ0n) is 11.3. The Morgan fingerprint density at radius 2 is 2.06 bits per heavy atom. The van der Waals surface area contributed by atoms with E-state index < -0.39 is 6.10 Å². The van der Waals surface area contributed by atoms with Crippen LogP contribution in [-0.2, 0) is 4.74 Å². The molecule has 0 aliphatic carbocycles. The first-order chi connectivity index (χ1) is 8.66. The van der Waals surface area contributed by atoms with Gasteiger partial charge >= 0.3 is 0 Å². The Balaban J connectivity index is 1.93. The zero-order chi connectivity index (χ0) is 13.0. The standard InChI is InChI=1S/C15H23NO2/c1-12(17)13-6-8-14(9-7-13)16(2)11-15-5-3-4-10-18-15/h6-9,12,15,17H,3-5,10-11H2,1-2H3/t12-,15?/m0/s1. The zero-order valence-corrected chi connectivity index (χ0v) is 11.3. The lowest BCUT2D eigenvalue weighted by Crippen LogP contribution is -2.33. The summed E-state index contributed by atoms with van der Waals surface area (Å²) in [7, 11) is 2.09. The van der Waals surface area contributed by atoms with E-state index in [0.717, 1.165) is 25.1 Å². The molecule has 3 heteroatoms. The van der Waals surface area contributed by atoms with Crippen molar-refractivity contribution in [2.45, 2.75) is 38.4 Å². The third-order valence-electron chi connectivity index (χ3n) is 3.57. The minimum atomic E-state index is -0.397. The molecular formula is C15H23NO2. The Hall–Kier alpha value is -1.06. The van der Waals surface area contributed by atoms with E-state index in [0.29, 0.717) is 6.10 Å². The lowest BCUT2D eigenvalue weighted by Gasteiger charge is -2.28. The molecule has 0 radical (unpaired) electrons. The van der Waals surface area contributed by atoms with Crippen LogP contribution < -0.4 is 4.90 Å². The first kappa shape index (κ1) is 13.4. The topological polar surface area (TPSA) is 32.7 Å². The molecule has 0 saturated carbocycles. The van der Waals surface area contributed by atoms with Crippen LogP contribution in [0.3, 0.4) is 0 Å². The maximum absolute atomic E-state index is 9.48. The highest BCUT2D eigenvalue weighted by atomic mass is 16.5. The Morgan fingerprint density at radius 3 is 2.61 bits per heavy atom. The summed E-state index contributed by atoms with van der Waals surface area (Å²) in [5.74, 6) is 0. The van der Waals surface area contributed by atoms with Gasteiger partial charge in [0.25, 0.3) is 0 Å². The summed E-state index contributed by atoms with van der Waals surface area (Å²) in [5.41, 5.74) is 2.13. The first-order valence-corrected chi connectivity index (χ1v) is 6.77. The first-order valence-electron chi connectivity index (χ1n) is 6.77. The predicted octanol–water partition coefficient (Wildman–Crippen LogP) is 2.75. The van der Waals surface area contributed by atoms with E-state index in [4.69, 9.17) is 4.74 Å². The van der Waals surface area contributed by atoms with Crippen molar-refractivity contribution in [2.75, 3.05) is 25.1 Å². The minimum Gasteiger partial charge on any atom is -0.389 e. The number of anilines is 1. The molecule has 1 aliphatic rings. The van der Waals surface area contributed by atoms with Gasteiger partial charge in [-0.1, -0.05) is 12.1 Å². The molecule has 1 saturated heterocycles. The van der Waals surface area contributed by atoms with Gasteiger partial charge in [-0.2, -0.15) is 0 Å². The summed E-state index contributed by atoms with van der Waals surface area (Å²) in [4.78, 5) is 2.22. The number of rotatable bonds is 4. The molecule has 3 nitrogen and oxygen atoms in total. The monoisotopic (exact) mass is 249 g/mol. The maximum atomic E-state index is 9.48. The molecule has 1 heterocycles. The number of hydrogen-bond acceptors (Lipinski definition) is 3. The van der Waals surface area contributed by atoms with Crippen molar-refractivity contribution in [1.29, 1.82) is 0 Å². The summed E-state index contributed by atoms with van der Waals surface area (Å²) in [6.07, 6.45) is 3.60. The van der Waals surface area contributed by atoms with Gasteiger partial charge in [0.2, 0.25) is 0 Å². The van der Waals surface area contributed by atoms with Crippen LogP contribution in [-0.4, -0.2) is 31.4 Å². The molecule has 1 unspecified atom stereocenters. The third kappa shape index (κ3) is 3.47. The van der Waals surface area contributed by atoms with E-state index in [-0.39, 0.29) is 0 Å². The highest BCUT2D eigenvalue weighted by Gasteiger charge is 2.16. The average Bonchev–Trinajstić information content (AvgIpc) is 2.40. The van der Waals surface area contributed by atoms with Crippen LogP contribution in [0.5, 0.6) is 0 Å². The second kappa shape index (κ2) is 6.21. The second-order valence-corrected chi connectivity index (χ2v) is 5.14. The van der Waals surface area contributed by atoms with Gasteiger partial charge in [-0.3, -0.25) is 0 Å². The van der Waals surface area contributed by atoms with Gasteiger partial charge < -0.3 is 14.7 Å². The Morgan fingerprint density at radius 1 is 1.33 bits per heavy atom. The third-order valence-corrected chi connectivity index (χ3v) is 3.57. The van der Waals surface area contributed by atoms with Crippen molar-refractivity contribution in [3.05, 3.63) is 29.8 Å².